The summed E-state index contributed by atoms with van der Waals surface area (Å²) in [6.07, 6.45) is 0. The molecule has 0 N–H and O–H groups in total. The average Bonchev–Trinajstić information content (AvgIpc) is 2.83. The van der Waals surface area contributed by atoms with Crippen LogP contribution in [-0.2, 0) is 30.0 Å². The van der Waals surface area contributed by atoms with Gasteiger partial charge < -0.3 is 30.0 Å². The fourth-order valence-electron chi connectivity index (χ4n) is 3.30. The summed E-state index contributed by atoms with van der Waals surface area (Å²) < 4.78 is 42.9. The van der Waals surface area contributed by atoms with E-state index in [9.17, 15) is 0 Å². The molecule has 11 heteroatoms. The third-order valence-electron chi connectivity index (χ3n) is 5.26. The lowest BCUT2D eigenvalue weighted by Gasteiger charge is -2.42. The Morgan fingerprint density at radius 1 is 0.594 bits per heavy atom. The van der Waals surface area contributed by atoms with E-state index in [2.05, 4.69) is 6.58 Å². The molecule has 2 unspecified atom stereocenters. The molecule has 0 spiro atoms. The SMILES string of the molecule is C=C[Si](OC)(OC)O[Si](C)(O[Si](C)(O[Si](C)(OC)OC)c1ccccc1)c1ccccc1. The Labute approximate surface area is 196 Å². The number of benzene rings is 2. The molecule has 176 valence electrons. The van der Waals surface area contributed by atoms with Gasteiger partial charge in [0.1, 0.15) is 0 Å². The minimum Gasteiger partial charge on any atom is -0.409 e. The van der Waals surface area contributed by atoms with Gasteiger partial charge in [-0.25, -0.2) is 0 Å². The van der Waals surface area contributed by atoms with Gasteiger partial charge in [0.05, 0.1) is 0 Å². The molecule has 0 aliphatic rings. The molecule has 0 fully saturated rings. The first-order chi connectivity index (χ1) is 15.1. The maximum atomic E-state index is 6.99. The molecule has 2 aromatic carbocycles. The highest BCUT2D eigenvalue weighted by Crippen LogP contribution is 2.26. The Morgan fingerprint density at radius 3 is 1.34 bits per heavy atom. The van der Waals surface area contributed by atoms with Gasteiger partial charge in [0.15, 0.2) is 0 Å². The first-order valence-corrected chi connectivity index (χ1v) is 18.9. The lowest BCUT2D eigenvalue weighted by atomic mass is 10.4. The van der Waals surface area contributed by atoms with Crippen LogP contribution in [-0.4, -0.2) is 63.2 Å². The fourth-order valence-corrected chi connectivity index (χ4v) is 18.2. The molecule has 0 aliphatic carbocycles. The van der Waals surface area contributed by atoms with Crippen molar-refractivity contribution in [3.63, 3.8) is 0 Å². The van der Waals surface area contributed by atoms with Crippen molar-refractivity contribution in [2.45, 2.75) is 19.6 Å². The molecule has 0 heterocycles. The third kappa shape index (κ3) is 6.21. The first kappa shape index (κ1) is 27.0. The molecular weight excluding hydrogens is 477 g/mol. The zero-order valence-corrected chi connectivity index (χ0v) is 23.9. The zero-order valence-electron chi connectivity index (χ0n) is 19.9. The normalized spacial score (nSPS) is 16.2. The van der Waals surface area contributed by atoms with Crippen molar-refractivity contribution in [3.05, 3.63) is 72.9 Å². The van der Waals surface area contributed by atoms with Gasteiger partial charge in [0.2, 0.25) is 0 Å². The van der Waals surface area contributed by atoms with Crippen molar-refractivity contribution in [2.75, 3.05) is 28.4 Å². The van der Waals surface area contributed by atoms with E-state index >= 15 is 0 Å². The molecule has 0 saturated heterocycles. The Kier molecular flexibility index (Phi) is 9.51. The van der Waals surface area contributed by atoms with Crippen LogP contribution in [0.2, 0.25) is 19.6 Å². The van der Waals surface area contributed by atoms with Crippen molar-refractivity contribution < 1.29 is 30.0 Å². The van der Waals surface area contributed by atoms with Crippen LogP contribution in [0.5, 0.6) is 0 Å². The summed E-state index contributed by atoms with van der Waals surface area (Å²) in [6, 6.07) is 19.7. The maximum Gasteiger partial charge on any atom is 0.519 e. The van der Waals surface area contributed by atoms with Crippen molar-refractivity contribution in [2.24, 2.45) is 0 Å². The molecular formula is C21H34O7Si4. The van der Waals surface area contributed by atoms with Crippen LogP contribution in [0.3, 0.4) is 0 Å². The van der Waals surface area contributed by atoms with Crippen LogP contribution in [0.15, 0.2) is 72.9 Å². The fraction of sp³-hybridized carbons (Fsp3) is 0.333. The van der Waals surface area contributed by atoms with Gasteiger partial charge in [-0.3, -0.25) is 0 Å². The molecule has 0 amide bonds. The molecule has 0 radical (unpaired) electrons. The van der Waals surface area contributed by atoms with E-state index in [1.807, 2.05) is 80.3 Å². The summed E-state index contributed by atoms with van der Waals surface area (Å²) in [7, 11) is -6.18. The monoisotopic (exact) mass is 510 g/mol. The van der Waals surface area contributed by atoms with Gasteiger partial charge in [0.25, 0.3) is 0 Å². The summed E-state index contributed by atoms with van der Waals surface area (Å²) in [5, 5.41) is 1.86. The van der Waals surface area contributed by atoms with E-state index in [1.54, 1.807) is 34.1 Å². The Hall–Kier alpha value is -1.23. The van der Waals surface area contributed by atoms with Crippen LogP contribution < -0.4 is 10.4 Å². The minimum atomic E-state index is -3.20. The topological polar surface area (TPSA) is 64.6 Å². The van der Waals surface area contributed by atoms with Gasteiger partial charge in [-0.05, 0) is 29.2 Å². The van der Waals surface area contributed by atoms with E-state index in [4.69, 9.17) is 30.0 Å². The van der Waals surface area contributed by atoms with Crippen LogP contribution in [0, 0.1) is 0 Å². The molecule has 32 heavy (non-hydrogen) atoms. The largest absolute Gasteiger partial charge is 0.519 e. The second kappa shape index (κ2) is 11.3. The predicted octanol–water partition coefficient (Wildman–Crippen LogP) is 2.81. The van der Waals surface area contributed by atoms with Gasteiger partial charge in [0, 0.05) is 35.0 Å². The van der Waals surface area contributed by atoms with Crippen LogP contribution in [0.4, 0.5) is 0 Å². The van der Waals surface area contributed by atoms with E-state index in [1.165, 1.54) is 0 Å². The Balaban J connectivity index is 2.63. The number of rotatable bonds is 13. The van der Waals surface area contributed by atoms with Crippen LogP contribution in [0.25, 0.3) is 0 Å². The smallest absolute Gasteiger partial charge is 0.409 e. The highest BCUT2D eigenvalue weighted by molar-refractivity contribution is 6.97. The third-order valence-corrected chi connectivity index (χ3v) is 20.0. The summed E-state index contributed by atoms with van der Waals surface area (Å²) in [5.41, 5.74) is 1.61. The van der Waals surface area contributed by atoms with Crippen molar-refractivity contribution in [1.29, 1.82) is 0 Å². The molecule has 2 aromatic rings. The highest BCUT2D eigenvalue weighted by atomic mass is 28.5. The van der Waals surface area contributed by atoms with Gasteiger partial charge >= 0.3 is 34.7 Å². The molecule has 0 aliphatic heterocycles. The van der Waals surface area contributed by atoms with Crippen molar-refractivity contribution in [3.8, 4) is 0 Å². The lowest BCUT2D eigenvalue weighted by Crippen LogP contribution is -2.69. The van der Waals surface area contributed by atoms with Crippen LogP contribution in [0.1, 0.15) is 0 Å². The standard InChI is InChI=1S/C21H34O7Si4/c1-9-32(24-4,25-5)28-30(7,21-18-14-11-15-19-21)26-29(6,20-16-12-10-13-17-20)27-31(8,22-2)23-3/h9-19H,1H2,2-8H3. The summed E-state index contributed by atoms with van der Waals surface area (Å²) in [5.74, 6) is 0. The summed E-state index contributed by atoms with van der Waals surface area (Å²) >= 11 is 0. The average molecular weight is 511 g/mol. The summed E-state index contributed by atoms with van der Waals surface area (Å²) in [4.78, 5) is 0. The second-order valence-electron chi connectivity index (χ2n) is 7.42. The van der Waals surface area contributed by atoms with Crippen molar-refractivity contribution in [1.82, 2.24) is 0 Å². The summed E-state index contributed by atoms with van der Waals surface area (Å²) in [6.45, 7) is 9.70. The molecule has 0 aromatic heterocycles. The quantitative estimate of drug-likeness (QED) is 0.384. The van der Waals surface area contributed by atoms with E-state index in [-0.39, 0.29) is 0 Å². The van der Waals surface area contributed by atoms with E-state index in [0.717, 1.165) is 10.4 Å². The molecule has 2 atom stereocenters. The molecule has 7 nitrogen and oxygen atoms in total. The number of hydrogen-bond acceptors (Lipinski definition) is 7. The minimum absolute atomic E-state index is 0.921. The number of hydrogen-bond donors (Lipinski definition) is 0. The molecule has 0 saturated carbocycles. The maximum absolute atomic E-state index is 6.99. The van der Waals surface area contributed by atoms with Gasteiger partial charge in [-0.15, -0.1) is 0 Å². The van der Waals surface area contributed by atoms with Crippen molar-refractivity contribution >= 4 is 45.1 Å². The van der Waals surface area contributed by atoms with Gasteiger partial charge in [-0.1, -0.05) is 67.2 Å². The Morgan fingerprint density at radius 2 is 1.00 bits per heavy atom. The second-order valence-corrected chi connectivity index (χ2v) is 19.8. The Bertz CT molecular complexity index is 850. The molecule has 2 rings (SSSR count). The highest BCUT2D eigenvalue weighted by Gasteiger charge is 2.55. The predicted molar refractivity (Wildman–Crippen MR) is 134 cm³/mol. The first-order valence-electron chi connectivity index (χ1n) is 10.2. The van der Waals surface area contributed by atoms with Gasteiger partial charge in [-0.2, -0.15) is 0 Å². The zero-order chi connectivity index (χ0) is 23.9. The van der Waals surface area contributed by atoms with E-state index in [0.29, 0.717) is 0 Å². The van der Waals surface area contributed by atoms with Crippen LogP contribution >= 0.6 is 0 Å². The lowest BCUT2D eigenvalue weighted by molar-refractivity contribution is 0.143. The molecule has 0 bridgehead atoms. The van der Waals surface area contributed by atoms with E-state index < -0.39 is 34.7 Å².